The Bertz CT molecular complexity index is 6620. The number of nitrogens with zero attached hydrogens (tertiary/aromatic N) is 8. The highest BCUT2D eigenvalue weighted by molar-refractivity contribution is 6.20. The van der Waals surface area contributed by atoms with Crippen molar-refractivity contribution in [2.24, 2.45) is 0 Å². The molecule has 9 nitrogen and oxygen atoms in total. The van der Waals surface area contributed by atoms with E-state index in [9.17, 15) is 0 Å². The molecular formula is C94H67N9. The minimum absolute atomic E-state index is 0.0995. The lowest BCUT2D eigenvalue weighted by Gasteiger charge is -2.22. The van der Waals surface area contributed by atoms with Gasteiger partial charge in [-0.3, -0.25) is 0 Å². The minimum atomic E-state index is -0.0995. The highest BCUT2D eigenvalue weighted by Gasteiger charge is 2.36. The molecule has 103 heavy (non-hydrogen) atoms. The van der Waals surface area contributed by atoms with Gasteiger partial charge in [-0.1, -0.05) is 233 Å². The monoisotopic (exact) mass is 1320 g/mol. The second kappa shape index (κ2) is 24.4. The van der Waals surface area contributed by atoms with Gasteiger partial charge in [0.1, 0.15) is 0 Å². The van der Waals surface area contributed by atoms with Gasteiger partial charge >= 0.3 is 0 Å². The fourth-order valence-corrected chi connectivity index (χ4v) is 15.9. The van der Waals surface area contributed by atoms with Crippen LogP contribution in [0.4, 0.5) is 0 Å². The maximum absolute atomic E-state index is 5.37. The average Bonchev–Trinajstić information content (AvgIpc) is 1.59. The van der Waals surface area contributed by atoms with Gasteiger partial charge < -0.3 is 23.6 Å². The molecule has 1 N–H and O–H groups in total. The zero-order chi connectivity index (χ0) is 68.9. The summed E-state index contributed by atoms with van der Waals surface area (Å²) in [5, 5.41) is 12.7. The standard InChI is InChI=1S/C49H34N4.C45H33N5/c1-49(2)41-20-9-6-17-35(41)36-24-23-31(30-42(36)49)46-39-19-7-10-21-43(39)50-48(51-46)32-13-12-16-34(29-32)53-45-22-11-8-18-37(45)38-25-26-44-40(47(38)53)27-28-52(44)33-14-4-3-5-15-33;1-3-27-46-30(2)31-20-22-32(23-21-31)43-38-17-7-9-18-40(38)47-45(48-43)33-12-11-15-35(29-33)50-42-19-10-8-16-36(42)37-24-25-41-39(44(37)50)26-28-49(41)34-13-5-4-6-14-34/h3-30H,1-2H3;3-26,28-29,46H,1-2,27H2. The van der Waals surface area contributed by atoms with E-state index < -0.39 is 0 Å². The Morgan fingerprint density at radius 3 is 1.36 bits per heavy atom. The molecule has 0 amide bonds. The van der Waals surface area contributed by atoms with Crippen molar-refractivity contribution in [2.75, 3.05) is 6.54 Å². The van der Waals surface area contributed by atoms with E-state index in [-0.39, 0.29) is 5.41 Å². The Morgan fingerprint density at radius 1 is 0.359 bits per heavy atom. The number of para-hydroxylation sites is 6. The maximum Gasteiger partial charge on any atom is 0.160 e. The second-order valence-corrected chi connectivity index (χ2v) is 27.1. The van der Waals surface area contributed by atoms with Crippen molar-refractivity contribution in [3.8, 4) is 79.2 Å². The van der Waals surface area contributed by atoms with E-state index >= 15 is 0 Å². The molecule has 19 aromatic rings. The summed E-state index contributed by atoms with van der Waals surface area (Å²) in [6.07, 6.45) is 6.18. The van der Waals surface area contributed by atoms with Gasteiger partial charge in [0, 0.05) is 118 Å². The van der Waals surface area contributed by atoms with Gasteiger partial charge in [-0.15, -0.1) is 6.58 Å². The Balaban J connectivity index is 0.000000142. The fourth-order valence-electron chi connectivity index (χ4n) is 15.9. The van der Waals surface area contributed by atoms with Crippen LogP contribution in [0.25, 0.3) is 172 Å². The molecule has 13 aromatic carbocycles. The molecule has 0 saturated heterocycles. The van der Waals surface area contributed by atoms with Gasteiger partial charge in [-0.25, -0.2) is 19.9 Å². The Kier molecular flexibility index (Phi) is 14.4. The summed E-state index contributed by atoms with van der Waals surface area (Å²) in [5.41, 5.74) is 26.3. The van der Waals surface area contributed by atoms with Gasteiger partial charge in [0.2, 0.25) is 0 Å². The second-order valence-electron chi connectivity index (χ2n) is 27.1. The van der Waals surface area contributed by atoms with Crippen LogP contribution in [0, 0.1) is 0 Å². The molecule has 6 aromatic heterocycles. The molecule has 0 aliphatic heterocycles. The first-order valence-corrected chi connectivity index (χ1v) is 35.0. The molecule has 488 valence electrons. The van der Waals surface area contributed by atoms with E-state index in [2.05, 4.69) is 360 Å². The summed E-state index contributed by atoms with van der Waals surface area (Å²) in [5.74, 6) is 1.40. The fraction of sp³-hybridized carbons (Fsp3) is 0.0426. The highest BCUT2D eigenvalue weighted by Crippen LogP contribution is 2.50. The molecule has 1 aliphatic carbocycles. The smallest absolute Gasteiger partial charge is 0.160 e. The molecule has 0 atom stereocenters. The van der Waals surface area contributed by atoms with Crippen molar-refractivity contribution in [2.45, 2.75) is 19.3 Å². The number of rotatable bonds is 12. The molecule has 6 heterocycles. The van der Waals surface area contributed by atoms with Crippen molar-refractivity contribution < 1.29 is 0 Å². The lowest BCUT2D eigenvalue weighted by Crippen LogP contribution is -2.15. The number of nitrogens with one attached hydrogen (secondary N) is 1. The number of hydrogen-bond acceptors (Lipinski definition) is 5. The van der Waals surface area contributed by atoms with Crippen molar-refractivity contribution in [1.82, 2.24) is 43.5 Å². The molecule has 0 bridgehead atoms. The van der Waals surface area contributed by atoms with E-state index in [4.69, 9.17) is 19.9 Å². The van der Waals surface area contributed by atoms with E-state index in [0.29, 0.717) is 18.2 Å². The van der Waals surface area contributed by atoms with E-state index in [1.165, 1.54) is 76.6 Å². The van der Waals surface area contributed by atoms with E-state index in [0.717, 1.165) is 100 Å². The van der Waals surface area contributed by atoms with Gasteiger partial charge in [0.25, 0.3) is 0 Å². The summed E-state index contributed by atoms with van der Waals surface area (Å²) in [6, 6.07) is 110. The number of hydrogen-bond donors (Lipinski definition) is 1. The molecule has 1 aliphatic rings. The first kappa shape index (κ1) is 60.7. The zero-order valence-electron chi connectivity index (χ0n) is 56.9. The van der Waals surface area contributed by atoms with Crippen LogP contribution >= 0.6 is 0 Å². The molecule has 0 saturated carbocycles. The summed E-state index contributed by atoms with van der Waals surface area (Å²) >= 11 is 0. The van der Waals surface area contributed by atoms with Gasteiger partial charge in [0.15, 0.2) is 11.6 Å². The quantitative estimate of drug-likeness (QED) is 0.123. The van der Waals surface area contributed by atoms with Gasteiger partial charge in [-0.05, 0) is 131 Å². The third-order valence-corrected chi connectivity index (χ3v) is 20.8. The van der Waals surface area contributed by atoms with E-state index in [1.807, 2.05) is 18.2 Å². The molecule has 0 unspecified atom stereocenters. The van der Waals surface area contributed by atoms with Gasteiger partial charge in [-0.2, -0.15) is 0 Å². The lowest BCUT2D eigenvalue weighted by atomic mass is 9.82. The molecule has 9 heteroatoms. The van der Waals surface area contributed by atoms with Crippen LogP contribution < -0.4 is 5.32 Å². The zero-order valence-corrected chi connectivity index (χ0v) is 56.9. The predicted molar refractivity (Wildman–Crippen MR) is 428 cm³/mol. The highest BCUT2D eigenvalue weighted by atomic mass is 15.0. The first-order valence-electron chi connectivity index (χ1n) is 35.0. The van der Waals surface area contributed by atoms with Crippen molar-refractivity contribution in [1.29, 1.82) is 0 Å². The van der Waals surface area contributed by atoms with Gasteiger partial charge in [0.05, 0.1) is 55.5 Å². The maximum atomic E-state index is 5.37. The first-order chi connectivity index (χ1) is 50.7. The van der Waals surface area contributed by atoms with Crippen LogP contribution in [0.1, 0.15) is 30.5 Å². The van der Waals surface area contributed by atoms with Crippen molar-refractivity contribution in [3.63, 3.8) is 0 Å². The normalized spacial score (nSPS) is 12.4. The SMILES string of the molecule is C=CCNC(=C)c1ccc(-c2nc(-c3cccc(-n4c5ccccc5c5ccc6c(ccn6-c6ccccc6)c54)c3)nc3ccccc23)cc1.CC1(C)c2ccccc2-c2ccc(-c3nc(-c4cccc(-n5c6ccccc6c6ccc7c(ccn7-c7ccccc7)c65)c4)nc4ccccc34)cc21. The third kappa shape index (κ3) is 10.1. The van der Waals surface area contributed by atoms with Crippen LogP contribution in [0.15, 0.2) is 341 Å². The average molecular weight is 1320 g/mol. The third-order valence-electron chi connectivity index (χ3n) is 20.8. The topological polar surface area (TPSA) is 83.3 Å². The largest absolute Gasteiger partial charge is 0.382 e. The Morgan fingerprint density at radius 2 is 0.816 bits per heavy atom. The molecule has 0 radical (unpaired) electrons. The summed E-state index contributed by atoms with van der Waals surface area (Å²) < 4.78 is 9.34. The van der Waals surface area contributed by atoms with Crippen molar-refractivity contribution >= 4 is 92.9 Å². The summed E-state index contributed by atoms with van der Waals surface area (Å²) in [7, 11) is 0. The summed E-state index contributed by atoms with van der Waals surface area (Å²) in [6.45, 7) is 13.3. The molecule has 0 spiro atoms. The lowest BCUT2D eigenvalue weighted by molar-refractivity contribution is 0.660. The number of benzene rings is 13. The van der Waals surface area contributed by atoms with Crippen molar-refractivity contribution in [3.05, 3.63) is 358 Å². The number of aromatic nitrogens is 8. The molecule has 0 fully saturated rings. The van der Waals surface area contributed by atoms with Crippen LogP contribution in [0.5, 0.6) is 0 Å². The Hall–Kier alpha value is -13.5. The van der Waals surface area contributed by atoms with Crippen LogP contribution in [-0.2, 0) is 5.41 Å². The summed E-state index contributed by atoms with van der Waals surface area (Å²) in [4.78, 5) is 20.9. The minimum Gasteiger partial charge on any atom is -0.382 e. The molecule has 20 rings (SSSR count). The van der Waals surface area contributed by atoms with Crippen LogP contribution in [-0.4, -0.2) is 44.7 Å². The molecular weight excluding hydrogens is 1260 g/mol. The van der Waals surface area contributed by atoms with Crippen LogP contribution in [0.2, 0.25) is 0 Å². The Labute approximate surface area is 595 Å². The predicted octanol–water partition coefficient (Wildman–Crippen LogP) is 23.1. The van der Waals surface area contributed by atoms with E-state index in [1.54, 1.807) is 0 Å². The van der Waals surface area contributed by atoms with Crippen LogP contribution in [0.3, 0.4) is 0 Å². The number of fused-ring (bicyclic) bond motifs is 15.